The van der Waals surface area contributed by atoms with Crippen molar-refractivity contribution < 1.29 is 13.9 Å². The predicted octanol–water partition coefficient (Wildman–Crippen LogP) is 2.17. The highest BCUT2D eigenvalue weighted by atomic mass is 16.5. The molecule has 1 unspecified atom stereocenters. The largest absolute Gasteiger partial charge is 0.465 e. The van der Waals surface area contributed by atoms with Crippen molar-refractivity contribution in [2.45, 2.75) is 26.3 Å². The molecule has 0 amide bonds. The summed E-state index contributed by atoms with van der Waals surface area (Å²) in [6.07, 6.45) is 0.432. The normalized spacial score (nSPS) is 12.6. The lowest BCUT2D eigenvalue weighted by Gasteiger charge is -2.10. The van der Waals surface area contributed by atoms with Gasteiger partial charge in [0.1, 0.15) is 17.4 Å². The number of fused-ring (bicyclic) bond motifs is 1. The van der Waals surface area contributed by atoms with Crippen LogP contribution in [-0.2, 0) is 16.0 Å². The van der Waals surface area contributed by atoms with Gasteiger partial charge in [0.2, 0.25) is 0 Å². The Kier molecular flexibility index (Phi) is 3.67. The summed E-state index contributed by atoms with van der Waals surface area (Å²) in [5, 5.41) is 1.01. The van der Waals surface area contributed by atoms with Gasteiger partial charge in [-0.25, -0.2) is 0 Å². The molecule has 2 N–H and O–H groups in total. The number of aryl methyl sites for hydroxylation is 1. The van der Waals surface area contributed by atoms with E-state index in [1.54, 1.807) is 6.92 Å². The number of hydrogen-bond acceptors (Lipinski definition) is 4. The van der Waals surface area contributed by atoms with Gasteiger partial charge in [-0.15, -0.1) is 0 Å². The Balaban J connectivity index is 2.26. The summed E-state index contributed by atoms with van der Waals surface area (Å²) >= 11 is 0. The van der Waals surface area contributed by atoms with Crippen LogP contribution in [0.3, 0.4) is 0 Å². The standard InChI is InChI=1S/C14H17NO3/c1-3-17-14(16)12(15)8-11-9(2)18-13-7-5-4-6-10(11)13/h4-7,12H,3,8,15H2,1-2H3. The maximum Gasteiger partial charge on any atom is 0.323 e. The first-order chi connectivity index (χ1) is 8.63. The van der Waals surface area contributed by atoms with E-state index in [0.29, 0.717) is 13.0 Å². The molecule has 0 saturated heterocycles. The van der Waals surface area contributed by atoms with E-state index >= 15 is 0 Å². The van der Waals surface area contributed by atoms with E-state index in [4.69, 9.17) is 14.9 Å². The predicted molar refractivity (Wildman–Crippen MR) is 69.3 cm³/mol. The van der Waals surface area contributed by atoms with Gasteiger partial charge in [-0.1, -0.05) is 18.2 Å². The molecule has 0 aliphatic carbocycles. The second kappa shape index (κ2) is 5.23. The van der Waals surface area contributed by atoms with Gasteiger partial charge in [0.05, 0.1) is 6.61 Å². The number of carbonyl (C=O) groups is 1. The van der Waals surface area contributed by atoms with Gasteiger partial charge in [0.25, 0.3) is 0 Å². The monoisotopic (exact) mass is 247 g/mol. The fourth-order valence-corrected chi connectivity index (χ4v) is 2.03. The van der Waals surface area contributed by atoms with Crippen LogP contribution >= 0.6 is 0 Å². The summed E-state index contributed by atoms with van der Waals surface area (Å²) in [7, 11) is 0. The van der Waals surface area contributed by atoms with Crippen molar-refractivity contribution in [2.75, 3.05) is 6.61 Å². The first kappa shape index (κ1) is 12.6. The Morgan fingerprint density at radius 2 is 2.17 bits per heavy atom. The van der Waals surface area contributed by atoms with Crippen LogP contribution in [0.2, 0.25) is 0 Å². The van der Waals surface area contributed by atoms with Crippen LogP contribution in [-0.4, -0.2) is 18.6 Å². The van der Waals surface area contributed by atoms with E-state index < -0.39 is 6.04 Å². The third-order valence-corrected chi connectivity index (χ3v) is 2.91. The van der Waals surface area contributed by atoms with Crippen molar-refractivity contribution in [1.82, 2.24) is 0 Å². The van der Waals surface area contributed by atoms with Crippen LogP contribution in [0.5, 0.6) is 0 Å². The Morgan fingerprint density at radius 3 is 2.89 bits per heavy atom. The fraction of sp³-hybridized carbons (Fsp3) is 0.357. The minimum Gasteiger partial charge on any atom is -0.465 e. The summed E-state index contributed by atoms with van der Waals surface area (Å²) in [5.41, 5.74) is 7.64. The van der Waals surface area contributed by atoms with Gasteiger partial charge < -0.3 is 14.9 Å². The zero-order valence-electron chi connectivity index (χ0n) is 10.6. The minimum absolute atomic E-state index is 0.345. The summed E-state index contributed by atoms with van der Waals surface area (Å²) in [6.45, 7) is 3.99. The molecule has 1 heterocycles. The van der Waals surface area contributed by atoms with Crippen molar-refractivity contribution in [3.8, 4) is 0 Å². The number of ether oxygens (including phenoxy) is 1. The minimum atomic E-state index is -0.648. The fourth-order valence-electron chi connectivity index (χ4n) is 2.03. The smallest absolute Gasteiger partial charge is 0.323 e. The van der Waals surface area contributed by atoms with Crippen LogP contribution in [0.1, 0.15) is 18.2 Å². The molecule has 0 bridgehead atoms. The summed E-state index contributed by atoms with van der Waals surface area (Å²) in [5.74, 6) is 0.429. The van der Waals surface area contributed by atoms with Gasteiger partial charge in [-0.2, -0.15) is 0 Å². The van der Waals surface area contributed by atoms with Crippen LogP contribution in [0.4, 0.5) is 0 Å². The average Bonchev–Trinajstić information content (AvgIpc) is 2.66. The van der Waals surface area contributed by atoms with Crippen molar-refractivity contribution in [1.29, 1.82) is 0 Å². The summed E-state index contributed by atoms with van der Waals surface area (Å²) < 4.78 is 10.5. The molecule has 0 aliphatic rings. The second-order valence-electron chi connectivity index (χ2n) is 4.20. The molecule has 0 fully saturated rings. The van der Waals surface area contributed by atoms with Gasteiger partial charge in [0, 0.05) is 17.4 Å². The zero-order valence-corrected chi connectivity index (χ0v) is 10.6. The molecular weight excluding hydrogens is 230 g/mol. The van der Waals surface area contributed by atoms with E-state index in [2.05, 4.69) is 0 Å². The molecule has 18 heavy (non-hydrogen) atoms. The number of para-hydroxylation sites is 1. The maximum absolute atomic E-state index is 11.5. The number of esters is 1. The van der Waals surface area contributed by atoms with E-state index in [-0.39, 0.29) is 5.97 Å². The molecule has 4 heteroatoms. The molecule has 4 nitrogen and oxygen atoms in total. The zero-order chi connectivity index (χ0) is 13.1. The maximum atomic E-state index is 11.5. The molecule has 2 aromatic rings. The Bertz CT molecular complexity index is 559. The van der Waals surface area contributed by atoms with Crippen LogP contribution < -0.4 is 5.73 Å². The van der Waals surface area contributed by atoms with Crippen molar-refractivity contribution in [3.63, 3.8) is 0 Å². The first-order valence-electron chi connectivity index (χ1n) is 6.02. The van der Waals surface area contributed by atoms with Gasteiger partial charge in [-0.05, 0) is 19.9 Å². The van der Waals surface area contributed by atoms with Crippen LogP contribution in [0.15, 0.2) is 28.7 Å². The van der Waals surface area contributed by atoms with Crippen molar-refractivity contribution in [3.05, 3.63) is 35.6 Å². The molecule has 0 spiro atoms. The van der Waals surface area contributed by atoms with Crippen LogP contribution in [0, 0.1) is 6.92 Å². The topological polar surface area (TPSA) is 65.5 Å². The number of nitrogens with two attached hydrogens (primary N) is 1. The lowest BCUT2D eigenvalue weighted by Crippen LogP contribution is -2.34. The highest BCUT2D eigenvalue weighted by molar-refractivity contribution is 5.84. The number of rotatable bonds is 4. The number of furan rings is 1. The third-order valence-electron chi connectivity index (χ3n) is 2.91. The lowest BCUT2D eigenvalue weighted by atomic mass is 10.0. The van der Waals surface area contributed by atoms with E-state index in [1.807, 2.05) is 31.2 Å². The number of carbonyl (C=O) groups excluding carboxylic acids is 1. The number of benzene rings is 1. The Morgan fingerprint density at radius 1 is 1.44 bits per heavy atom. The first-order valence-corrected chi connectivity index (χ1v) is 6.02. The molecule has 0 radical (unpaired) electrons. The quantitative estimate of drug-likeness (QED) is 0.841. The Labute approximate surface area is 106 Å². The number of hydrogen-bond donors (Lipinski definition) is 1. The van der Waals surface area contributed by atoms with E-state index in [1.165, 1.54) is 0 Å². The molecule has 0 saturated carbocycles. The highest BCUT2D eigenvalue weighted by Gasteiger charge is 2.19. The van der Waals surface area contributed by atoms with E-state index in [0.717, 1.165) is 22.3 Å². The third kappa shape index (κ3) is 2.38. The van der Waals surface area contributed by atoms with E-state index in [9.17, 15) is 4.79 Å². The Hall–Kier alpha value is -1.81. The molecule has 0 aliphatic heterocycles. The average molecular weight is 247 g/mol. The summed E-state index contributed by atoms with van der Waals surface area (Å²) in [4.78, 5) is 11.5. The molecule has 1 atom stereocenters. The SMILES string of the molecule is CCOC(=O)C(N)Cc1c(C)oc2ccccc12. The highest BCUT2D eigenvalue weighted by Crippen LogP contribution is 2.26. The molecule has 2 rings (SSSR count). The van der Waals surface area contributed by atoms with Crippen molar-refractivity contribution in [2.24, 2.45) is 5.73 Å². The second-order valence-corrected chi connectivity index (χ2v) is 4.20. The summed E-state index contributed by atoms with van der Waals surface area (Å²) in [6, 6.07) is 7.09. The van der Waals surface area contributed by atoms with Crippen LogP contribution in [0.25, 0.3) is 11.0 Å². The van der Waals surface area contributed by atoms with Gasteiger partial charge in [0.15, 0.2) is 0 Å². The van der Waals surface area contributed by atoms with Gasteiger partial charge >= 0.3 is 5.97 Å². The lowest BCUT2D eigenvalue weighted by molar-refractivity contribution is -0.144. The molecule has 96 valence electrons. The van der Waals surface area contributed by atoms with Gasteiger partial charge in [-0.3, -0.25) is 4.79 Å². The molecular formula is C14H17NO3. The van der Waals surface area contributed by atoms with Crippen molar-refractivity contribution >= 4 is 16.9 Å². The molecule has 1 aromatic heterocycles. The molecule has 1 aromatic carbocycles.